The molecule has 2 fully saturated rings. The molecule has 0 spiro atoms. The number of H-pyrrole nitrogens is 1. The molecule has 1 atom stereocenters. The summed E-state index contributed by atoms with van der Waals surface area (Å²) in [6, 6.07) is 7.05. The third-order valence-electron chi connectivity index (χ3n) is 6.98. The number of rotatable bonds is 6. The van der Waals surface area contributed by atoms with Crippen molar-refractivity contribution in [2.45, 2.75) is 31.8 Å². The zero-order valence-corrected chi connectivity index (χ0v) is 19.4. The number of carbonyl (C=O) groups is 2. The van der Waals surface area contributed by atoms with Crippen LogP contribution in [0.2, 0.25) is 0 Å². The number of amides is 1. The molecule has 1 unspecified atom stereocenters. The number of ether oxygens (including phenoxy) is 1. The van der Waals surface area contributed by atoms with Crippen LogP contribution in [-0.4, -0.2) is 74.0 Å². The van der Waals surface area contributed by atoms with Gasteiger partial charge in [-0.3, -0.25) is 24.0 Å². The molecule has 34 heavy (non-hydrogen) atoms. The van der Waals surface area contributed by atoms with Gasteiger partial charge < -0.3 is 14.6 Å². The molecule has 2 saturated heterocycles. The maximum absolute atomic E-state index is 13.1. The van der Waals surface area contributed by atoms with Gasteiger partial charge in [-0.1, -0.05) is 0 Å². The molecule has 4 heterocycles. The smallest absolute Gasteiger partial charge is 0.262 e. The van der Waals surface area contributed by atoms with Gasteiger partial charge in [0.05, 0.1) is 25.9 Å². The Balaban J connectivity index is 1.19. The van der Waals surface area contributed by atoms with E-state index < -0.39 is 0 Å². The van der Waals surface area contributed by atoms with E-state index >= 15 is 0 Å². The lowest BCUT2D eigenvalue weighted by Gasteiger charge is -2.34. The fraction of sp³-hybridized carbons (Fsp3) is 0.458. The van der Waals surface area contributed by atoms with Crippen molar-refractivity contribution in [3.05, 3.63) is 52.2 Å². The summed E-state index contributed by atoms with van der Waals surface area (Å²) in [5.74, 6) is 1.36. The van der Waals surface area contributed by atoms with E-state index in [0.717, 1.165) is 25.0 Å². The summed E-state index contributed by atoms with van der Waals surface area (Å²) in [5, 5.41) is 4.51. The summed E-state index contributed by atoms with van der Waals surface area (Å²) in [5.41, 5.74) is 0.958. The minimum Gasteiger partial charge on any atom is -0.497 e. The average Bonchev–Trinajstić information content (AvgIpc) is 3.41. The molecule has 0 saturated carbocycles. The second-order valence-electron chi connectivity index (χ2n) is 8.99. The number of ketones is 1. The molecule has 2 aliphatic heterocycles. The Morgan fingerprint density at radius 2 is 1.85 bits per heavy atom. The van der Waals surface area contributed by atoms with Crippen LogP contribution in [0.3, 0.4) is 0 Å². The van der Waals surface area contributed by atoms with Gasteiger partial charge in [-0.15, -0.1) is 0 Å². The number of methoxy groups -OCH3 is 1. The second kappa shape index (κ2) is 9.02. The number of fused-ring (bicyclic) bond motifs is 1. The largest absolute Gasteiger partial charge is 0.497 e. The minimum absolute atomic E-state index is 0.0304. The summed E-state index contributed by atoms with van der Waals surface area (Å²) < 4.78 is 6.72. The average molecular weight is 465 g/mol. The van der Waals surface area contributed by atoms with Crippen LogP contribution in [0.15, 0.2) is 35.3 Å². The van der Waals surface area contributed by atoms with E-state index in [-0.39, 0.29) is 35.8 Å². The van der Waals surface area contributed by atoms with Crippen molar-refractivity contribution < 1.29 is 14.3 Å². The maximum atomic E-state index is 13.1. The number of piperidine rings is 1. The Morgan fingerprint density at radius 3 is 2.56 bits per heavy atom. The third-order valence-corrected chi connectivity index (χ3v) is 6.98. The van der Waals surface area contributed by atoms with Gasteiger partial charge in [0.1, 0.15) is 17.0 Å². The van der Waals surface area contributed by atoms with E-state index in [4.69, 9.17) is 4.74 Å². The molecule has 2 aromatic heterocycles. The monoisotopic (exact) mass is 464 g/mol. The van der Waals surface area contributed by atoms with E-state index in [1.807, 2.05) is 24.3 Å². The summed E-state index contributed by atoms with van der Waals surface area (Å²) in [6.45, 7) is 2.30. The molecule has 2 aliphatic rings. The molecule has 10 heteroatoms. The zero-order chi connectivity index (χ0) is 23.8. The summed E-state index contributed by atoms with van der Waals surface area (Å²) in [4.78, 5) is 49.6. The predicted octanol–water partition coefficient (Wildman–Crippen LogP) is 1.36. The standard InChI is InChI=1S/C24H28N6O4/c1-28-22-18(13-25-28)23(32)27-20(26-22)14-30-12-9-19(24(30)33)29-10-7-16(8-11-29)21(31)15-3-5-17(34-2)6-4-15/h3-6,13,16,19H,7-12,14H2,1-2H3,(H,26,27,32). The van der Waals surface area contributed by atoms with Crippen LogP contribution >= 0.6 is 0 Å². The number of hydrogen-bond acceptors (Lipinski definition) is 7. The van der Waals surface area contributed by atoms with E-state index in [9.17, 15) is 14.4 Å². The molecule has 1 aromatic carbocycles. The molecular weight excluding hydrogens is 436 g/mol. The number of nitrogens with one attached hydrogen (secondary N) is 1. The van der Waals surface area contributed by atoms with Crippen molar-refractivity contribution >= 4 is 22.7 Å². The molecule has 178 valence electrons. The summed E-state index contributed by atoms with van der Waals surface area (Å²) in [7, 11) is 3.34. The number of nitrogens with zero attached hydrogens (tertiary/aromatic N) is 5. The molecule has 0 aliphatic carbocycles. The molecular formula is C24H28N6O4. The van der Waals surface area contributed by atoms with E-state index in [2.05, 4.69) is 20.0 Å². The number of benzene rings is 1. The van der Waals surface area contributed by atoms with Gasteiger partial charge in [0.25, 0.3) is 5.56 Å². The van der Waals surface area contributed by atoms with Gasteiger partial charge in [-0.05, 0) is 56.6 Å². The van der Waals surface area contributed by atoms with Gasteiger partial charge in [0.2, 0.25) is 5.91 Å². The van der Waals surface area contributed by atoms with Crippen molar-refractivity contribution in [3.8, 4) is 5.75 Å². The van der Waals surface area contributed by atoms with Gasteiger partial charge in [0.15, 0.2) is 11.4 Å². The topological polar surface area (TPSA) is 113 Å². The molecule has 3 aromatic rings. The minimum atomic E-state index is -0.250. The second-order valence-corrected chi connectivity index (χ2v) is 8.99. The van der Waals surface area contributed by atoms with Crippen LogP contribution in [0.5, 0.6) is 5.75 Å². The first-order valence-corrected chi connectivity index (χ1v) is 11.6. The number of aryl methyl sites for hydroxylation is 1. The fourth-order valence-electron chi connectivity index (χ4n) is 5.02. The molecule has 1 amide bonds. The zero-order valence-electron chi connectivity index (χ0n) is 19.4. The Hall–Kier alpha value is -3.53. The fourth-order valence-corrected chi connectivity index (χ4v) is 5.02. The first-order valence-electron chi connectivity index (χ1n) is 11.6. The first kappa shape index (κ1) is 22.3. The molecule has 1 N–H and O–H groups in total. The SMILES string of the molecule is COc1ccc(C(=O)C2CCN(C3CCN(Cc4nc5c(cnn5C)c(=O)[nH]4)C3=O)CC2)cc1. The highest BCUT2D eigenvalue weighted by atomic mass is 16.5. The number of aromatic nitrogens is 4. The van der Waals surface area contributed by atoms with Crippen molar-refractivity contribution in [1.29, 1.82) is 0 Å². The van der Waals surface area contributed by atoms with Crippen molar-refractivity contribution in [2.24, 2.45) is 13.0 Å². The maximum Gasteiger partial charge on any atom is 0.262 e. The van der Waals surface area contributed by atoms with Crippen LogP contribution in [0, 0.1) is 5.92 Å². The van der Waals surface area contributed by atoms with E-state index in [0.29, 0.717) is 42.1 Å². The number of Topliss-reactive ketones (excluding diaryl/α,β-unsaturated/α-hetero) is 1. The van der Waals surface area contributed by atoms with Gasteiger partial charge in [-0.2, -0.15) is 5.10 Å². The van der Waals surface area contributed by atoms with Gasteiger partial charge >= 0.3 is 0 Å². The quantitative estimate of drug-likeness (QED) is 0.548. The Kier molecular flexibility index (Phi) is 5.91. The van der Waals surface area contributed by atoms with Crippen molar-refractivity contribution in [2.75, 3.05) is 26.7 Å². The van der Waals surface area contributed by atoms with Crippen LogP contribution in [-0.2, 0) is 18.4 Å². The van der Waals surface area contributed by atoms with Crippen LogP contribution in [0.4, 0.5) is 0 Å². The summed E-state index contributed by atoms with van der Waals surface area (Å²) in [6.07, 6.45) is 3.69. The Bertz CT molecular complexity index is 1270. The lowest BCUT2D eigenvalue weighted by atomic mass is 9.88. The number of aromatic amines is 1. The van der Waals surface area contributed by atoms with Crippen molar-refractivity contribution in [1.82, 2.24) is 29.5 Å². The lowest BCUT2D eigenvalue weighted by Crippen LogP contribution is -2.46. The number of hydrogen-bond donors (Lipinski definition) is 1. The Morgan fingerprint density at radius 1 is 1.12 bits per heavy atom. The highest BCUT2D eigenvalue weighted by Crippen LogP contribution is 2.27. The summed E-state index contributed by atoms with van der Waals surface area (Å²) >= 11 is 0. The number of likely N-dealkylation sites (tertiary alicyclic amines) is 2. The first-order chi connectivity index (χ1) is 16.4. The highest BCUT2D eigenvalue weighted by molar-refractivity contribution is 5.98. The van der Waals surface area contributed by atoms with Crippen LogP contribution in [0.25, 0.3) is 11.0 Å². The Labute approximate surface area is 196 Å². The van der Waals surface area contributed by atoms with Crippen molar-refractivity contribution in [3.63, 3.8) is 0 Å². The van der Waals surface area contributed by atoms with Crippen LogP contribution in [0.1, 0.15) is 35.4 Å². The van der Waals surface area contributed by atoms with E-state index in [1.54, 1.807) is 23.7 Å². The van der Waals surface area contributed by atoms with Gasteiger partial charge in [-0.25, -0.2) is 4.98 Å². The predicted molar refractivity (Wildman–Crippen MR) is 125 cm³/mol. The molecule has 5 rings (SSSR count). The van der Waals surface area contributed by atoms with Crippen LogP contribution < -0.4 is 10.3 Å². The molecule has 10 nitrogen and oxygen atoms in total. The highest BCUT2D eigenvalue weighted by Gasteiger charge is 2.38. The molecule has 0 bridgehead atoms. The molecule has 0 radical (unpaired) electrons. The third kappa shape index (κ3) is 4.09. The lowest BCUT2D eigenvalue weighted by molar-refractivity contribution is -0.133. The van der Waals surface area contributed by atoms with E-state index in [1.165, 1.54) is 6.20 Å². The van der Waals surface area contributed by atoms with Gasteiger partial charge in [0, 0.05) is 25.1 Å². The number of carbonyl (C=O) groups excluding carboxylic acids is 2. The normalized spacial score (nSPS) is 19.8.